The second-order valence-electron chi connectivity index (χ2n) is 4.96. The topological polar surface area (TPSA) is 100 Å². The number of ether oxygens (including phenoxy) is 2. The molecule has 6 nitrogen and oxygen atoms in total. The Morgan fingerprint density at radius 2 is 1.15 bits per heavy atom. The molecule has 0 aromatic carbocycles. The lowest BCUT2D eigenvalue weighted by atomic mass is 10.1. The predicted molar refractivity (Wildman–Crippen MR) is 69.8 cm³/mol. The van der Waals surface area contributed by atoms with Gasteiger partial charge in [0.05, 0.1) is 13.2 Å². The number of rotatable bonds is 6. The van der Waals surface area contributed by atoms with E-state index in [4.69, 9.17) is 20.0 Å². The molecule has 0 spiro atoms. The molecule has 0 aliphatic carbocycles. The zero-order valence-electron chi connectivity index (χ0n) is 12.1. The van der Waals surface area contributed by atoms with Crippen LogP contribution in [0.1, 0.15) is 27.7 Å². The van der Waals surface area contributed by atoms with Crippen molar-refractivity contribution in [2.75, 3.05) is 13.2 Å². The van der Waals surface area contributed by atoms with Crippen LogP contribution in [0.3, 0.4) is 0 Å². The number of carbonyl (C=O) groups is 2. The lowest BCUT2D eigenvalue weighted by Gasteiger charge is -2.08. The summed E-state index contributed by atoms with van der Waals surface area (Å²) in [6.07, 6.45) is 0. The van der Waals surface area contributed by atoms with Gasteiger partial charge in [-0.2, -0.15) is 10.5 Å². The quantitative estimate of drug-likeness (QED) is 0.416. The Morgan fingerprint density at radius 1 is 0.850 bits per heavy atom. The summed E-state index contributed by atoms with van der Waals surface area (Å²) >= 11 is 0. The summed E-state index contributed by atoms with van der Waals surface area (Å²) in [5.74, 6) is -1.81. The molecule has 0 fully saturated rings. The molecule has 0 aliphatic rings. The highest BCUT2D eigenvalue weighted by Gasteiger charge is 2.24. The van der Waals surface area contributed by atoms with Crippen LogP contribution in [0.4, 0.5) is 0 Å². The monoisotopic (exact) mass is 278 g/mol. The molecule has 0 aliphatic heterocycles. The van der Waals surface area contributed by atoms with E-state index in [1.54, 1.807) is 0 Å². The first kappa shape index (κ1) is 17.7. The highest BCUT2D eigenvalue weighted by molar-refractivity contribution is 6.05. The van der Waals surface area contributed by atoms with Gasteiger partial charge in [0.15, 0.2) is 11.1 Å². The van der Waals surface area contributed by atoms with Crippen LogP contribution in [-0.2, 0) is 19.1 Å². The number of hydrogen-bond donors (Lipinski definition) is 0. The Balaban J connectivity index is 5.09. The third-order valence-electron chi connectivity index (χ3n) is 1.98. The maximum atomic E-state index is 11.7. The summed E-state index contributed by atoms with van der Waals surface area (Å²) in [6, 6.07) is 3.05. The van der Waals surface area contributed by atoms with Crippen LogP contribution >= 0.6 is 0 Å². The zero-order chi connectivity index (χ0) is 15.7. The van der Waals surface area contributed by atoms with Gasteiger partial charge in [0.25, 0.3) is 0 Å². The fraction of sp³-hybridized carbons (Fsp3) is 0.571. The first-order valence-electron chi connectivity index (χ1n) is 6.22. The summed E-state index contributed by atoms with van der Waals surface area (Å²) in [5, 5.41) is 17.8. The summed E-state index contributed by atoms with van der Waals surface area (Å²) in [4.78, 5) is 23.3. The SMILES string of the molecule is CC(C)COC(=O)/C(C#N)=C(\C#N)C(=O)OCC(C)C. The van der Waals surface area contributed by atoms with Crippen LogP contribution < -0.4 is 0 Å². The van der Waals surface area contributed by atoms with Gasteiger partial charge in [-0.1, -0.05) is 27.7 Å². The fourth-order valence-electron chi connectivity index (χ4n) is 1.04. The standard InChI is InChI=1S/C14H18N2O4/c1-9(2)7-19-13(17)11(5-15)12(6-16)14(18)20-8-10(3)4/h9-10H,7-8H2,1-4H3/b12-11+. The molecule has 6 heteroatoms. The van der Waals surface area contributed by atoms with E-state index in [1.165, 1.54) is 12.1 Å². The molecule has 0 amide bonds. The van der Waals surface area contributed by atoms with E-state index in [2.05, 4.69) is 0 Å². The number of nitrogens with zero attached hydrogens (tertiary/aromatic N) is 2. The van der Waals surface area contributed by atoms with Crippen LogP contribution in [0.15, 0.2) is 11.1 Å². The molecule has 0 saturated heterocycles. The first-order chi connectivity index (χ1) is 9.33. The molecular weight excluding hydrogens is 260 g/mol. The zero-order valence-corrected chi connectivity index (χ0v) is 12.1. The van der Waals surface area contributed by atoms with E-state index in [0.29, 0.717) is 0 Å². The van der Waals surface area contributed by atoms with Crippen LogP contribution in [0, 0.1) is 34.5 Å². The average molecular weight is 278 g/mol. The summed E-state index contributed by atoms with van der Waals surface area (Å²) < 4.78 is 9.67. The molecular formula is C14H18N2O4. The molecule has 0 aromatic heterocycles. The van der Waals surface area contributed by atoms with Crippen LogP contribution in [0.2, 0.25) is 0 Å². The van der Waals surface area contributed by atoms with Crippen molar-refractivity contribution in [3.8, 4) is 12.1 Å². The lowest BCUT2D eigenvalue weighted by Crippen LogP contribution is -2.18. The van der Waals surface area contributed by atoms with Gasteiger partial charge in [-0.15, -0.1) is 0 Å². The summed E-state index contributed by atoms with van der Waals surface area (Å²) in [7, 11) is 0. The highest BCUT2D eigenvalue weighted by atomic mass is 16.5. The van der Waals surface area contributed by atoms with Crippen molar-refractivity contribution in [2.45, 2.75) is 27.7 Å². The third-order valence-corrected chi connectivity index (χ3v) is 1.98. The molecule has 0 aromatic rings. The van der Waals surface area contributed by atoms with E-state index in [1.807, 2.05) is 27.7 Å². The smallest absolute Gasteiger partial charge is 0.350 e. The minimum absolute atomic E-state index is 0.0809. The van der Waals surface area contributed by atoms with Gasteiger partial charge in [0.1, 0.15) is 12.1 Å². The number of nitriles is 2. The lowest BCUT2D eigenvalue weighted by molar-refractivity contribution is -0.142. The Kier molecular flexibility index (Phi) is 7.69. The van der Waals surface area contributed by atoms with Crippen molar-refractivity contribution in [3.63, 3.8) is 0 Å². The minimum Gasteiger partial charge on any atom is -0.461 e. The van der Waals surface area contributed by atoms with Gasteiger partial charge >= 0.3 is 11.9 Å². The molecule has 0 bridgehead atoms. The van der Waals surface area contributed by atoms with E-state index in [-0.39, 0.29) is 25.0 Å². The second-order valence-corrected chi connectivity index (χ2v) is 4.96. The molecule has 0 radical (unpaired) electrons. The number of hydrogen-bond acceptors (Lipinski definition) is 6. The summed E-state index contributed by atoms with van der Waals surface area (Å²) in [5.41, 5.74) is -1.25. The van der Waals surface area contributed by atoms with E-state index in [9.17, 15) is 9.59 Å². The van der Waals surface area contributed by atoms with Crippen LogP contribution in [-0.4, -0.2) is 25.2 Å². The molecule has 0 heterocycles. The Morgan fingerprint density at radius 3 is 1.35 bits per heavy atom. The first-order valence-corrected chi connectivity index (χ1v) is 6.22. The maximum absolute atomic E-state index is 11.7. The highest BCUT2D eigenvalue weighted by Crippen LogP contribution is 2.10. The Hall–Kier alpha value is -2.34. The second kappa shape index (κ2) is 8.71. The molecule has 0 rings (SSSR count). The van der Waals surface area contributed by atoms with E-state index < -0.39 is 23.1 Å². The largest absolute Gasteiger partial charge is 0.461 e. The van der Waals surface area contributed by atoms with Crippen LogP contribution in [0.5, 0.6) is 0 Å². The van der Waals surface area contributed by atoms with Gasteiger partial charge in [-0.05, 0) is 11.8 Å². The van der Waals surface area contributed by atoms with Crippen molar-refractivity contribution in [2.24, 2.45) is 11.8 Å². The van der Waals surface area contributed by atoms with Crippen LogP contribution in [0.25, 0.3) is 0 Å². The van der Waals surface area contributed by atoms with E-state index >= 15 is 0 Å². The maximum Gasteiger partial charge on any atom is 0.350 e. The number of carbonyl (C=O) groups excluding carboxylic acids is 2. The summed E-state index contributed by atoms with van der Waals surface area (Å²) in [6.45, 7) is 7.50. The Bertz CT molecular complexity index is 434. The van der Waals surface area contributed by atoms with Gasteiger partial charge < -0.3 is 9.47 Å². The molecule has 108 valence electrons. The van der Waals surface area contributed by atoms with Gasteiger partial charge in [0.2, 0.25) is 0 Å². The Labute approximate surface area is 118 Å². The van der Waals surface area contributed by atoms with Crippen molar-refractivity contribution in [1.29, 1.82) is 10.5 Å². The van der Waals surface area contributed by atoms with Crippen molar-refractivity contribution >= 4 is 11.9 Å². The third kappa shape index (κ3) is 6.01. The van der Waals surface area contributed by atoms with Crippen molar-refractivity contribution in [1.82, 2.24) is 0 Å². The molecule has 0 saturated carbocycles. The van der Waals surface area contributed by atoms with Gasteiger partial charge in [-0.3, -0.25) is 0 Å². The molecule has 0 atom stereocenters. The average Bonchev–Trinajstić information content (AvgIpc) is 2.39. The van der Waals surface area contributed by atoms with Crippen molar-refractivity contribution in [3.05, 3.63) is 11.1 Å². The minimum atomic E-state index is -0.987. The van der Waals surface area contributed by atoms with E-state index in [0.717, 1.165) is 0 Å². The predicted octanol–water partition coefficient (Wildman–Crippen LogP) is 1.73. The number of esters is 2. The van der Waals surface area contributed by atoms with Gasteiger partial charge in [-0.25, -0.2) is 9.59 Å². The molecule has 20 heavy (non-hydrogen) atoms. The molecule has 0 unspecified atom stereocenters. The fourth-order valence-corrected chi connectivity index (χ4v) is 1.04. The normalized spacial score (nSPS) is 11.4. The molecule has 0 N–H and O–H groups in total. The van der Waals surface area contributed by atoms with Gasteiger partial charge in [0, 0.05) is 0 Å². The van der Waals surface area contributed by atoms with Crippen molar-refractivity contribution < 1.29 is 19.1 Å².